The van der Waals surface area contributed by atoms with Gasteiger partial charge in [0, 0.05) is 0 Å². The average Bonchev–Trinajstić information content (AvgIpc) is 2.21. The molecule has 3 heteroatoms. The molecule has 36 valence electrons. The Morgan fingerprint density at radius 3 is 2.50 bits per heavy atom. The summed E-state index contributed by atoms with van der Waals surface area (Å²) < 4.78 is 4.93. The van der Waals surface area contributed by atoms with Gasteiger partial charge in [0.25, 0.3) is 0 Å². The maximum atomic E-state index is 4.93. The van der Waals surface area contributed by atoms with Crippen molar-refractivity contribution in [3.63, 3.8) is 0 Å². The van der Waals surface area contributed by atoms with Crippen molar-refractivity contribution < 1.29 is 4.18 Å². The van der Waals surface area contributed by atoms with Gasteiger partial charge in [-0.2, -0.15) is 0 Å². The molecule has 0 N–H and O–H groups in total. The Balaban J connectivity index is 1.88. The van der Waals surface area contributed by atoms with Gasteiger partial charge in [-0.1, -0.05) is 11.7 Å². The molecule has 0 bridgehead atoms. The van der Waals surface area contributed by atoms with Gasteiger partial charge in [-0.3, -0.25) is 0 Å². The lowest BCUT2D eigenvalue weighted by molar-refractivity contribution is 0.366. The van der Waals surface area contributed by atoms with Crippen LogP contribution >= 0.6 is 22.7 Å². The van der Waals surface area contributed by atoms with Crippen LogP contribution < -0.4 is 0 Å². The molecule has 1 aliphatic carbocycles. The topological polar surface area (TPSA) is 9.23 Å². The molecule has 0 aromatic rings. The highest BCUT2D eigenvalue weighted by Crippen LogP contribution is 2.28. The largest absolute Gasteiger partial charge is 0.302 e. The summed E-state index contributed by atoms with van der Waals surface area (Å²) >= 11 is 4.96. The minimum absolute atomic E-state index is 0.535. The quantitative estimate of drug-likeness (QED) is 0.339. The lowest BCUT2D eigenvalue weighted by Gasteiger charge is -1.86. The molecule has 1 nitrogen and oxygen atoms in total. The molecule has 0 saturated heterocycles. The fraction of sp³-hybridized carbons (Fsp3) is 1.00. The Kier molecular flexibility index (Phi) is 1.68. The minimum atomic E-state index is 0.535. The second-order valence-corrected chi connectivity index (χ2v) is 2.16. The van der Waals surface area contributed by atoms with E-state index < -0.39 is 0 Å². The van der Waals surface area contributed by atoms with Gasteiger partial charge in [-0.15, -0.1) is 0 Å². The summed E-state index contributed by atoms with van der Waals surface area (Å²) in [6.07, 6.45) is 2.99. The van der Waals surface area contributed by atoms with Crippen LogP contribution in [0.2, 0.25) is 0 Å². The third-order valence-corrected chi connectivity index (χ3v) is 1.32. The Morgan fingerprint density at radius 2 is 2.33 bits per heavy atom. The van der Waals surface area contributed by atoms with Gasteiger partial charge in [-0.05, 0) is 12.8 Å². The second kappa shape index (κ2) is 2.09. The standard InChI is InChI=1S/C3H6OS2/c5-6-4-3-1-2-3/h3,5H,1-2H2. The van der Waals surface area contributed by atoms with Gasteiger partial charge >= 0.3 is 0 Å². The molecule has 1 aliphatic rings. The lowest BCUT2D eigenvalue weighted by Crippen LogP contribution is -1.75. The van der Waals surface area contributed by atoms with Crippen molar-refractivity contribution in [2.75, 3.05) is 0 Å². The SMILES string of the molecule is SSOC1CC1. The smallest absolute Gasteiger partial charge is 0.0734 e. The van der Waals surface area contributed by atoms with Crippen molar-refractivity contribution >= 4 is 22.7 Å². The van der Waals surface area contributed by atoms with Crippen molar-refractivity contribution in [2.45, 2.75) is 18.9 Å². The van der Waals surface area contributed by atoms with Crippen LogP contribution in [0.25, 0.3) is 0 Å². The highest BCUT2D eigenvalue weighted by molar-refractivity contribution is 8.66. The van der Waals surface area contributed by atoms with Crippen LogP contribution in [-0.4, -0.2) is 6.10 Å². The van der Waals surface area contributed by atoms with Crippen LogP contribution in [0, 0.1) is 0 Å². The molecule has 0 unspecified atom stereocenters. The number of rotatable bonds is 2. The first-order chi connectivity index (χ1) is 2.93. The predicted octanol–water partition coefficient (Wildman–Crippen LogP) is 1.66. The summed E-state index contributed by atoms with van der Waals surface area (Å²) in [5.41, 5.74) is 0. The summed E-state index contributed by atoms with van der Waals surface area (Å²) in [4.78, 5) is 0. The van der Waals surface area contributed by atoms with Crippen LogP contribution in [0.5, 0.6) is 0 Å². The van der Waals surface area contributed by atoms with Gasteiger partial charge < -0.3 is 4.18 Å². The Morgan fingerprint density at radius 1 is 1.67 bits per heavy atom. The summed E-state index contributed by atoms with van der Waals surface area (Å²) in [5.74, 6) is 0. The van der Waals surface area contributed by atoms with E-state index in [1.165, 1.54) is 23.9 Å². The van der Waals surface area contributed by atoms with Crippen LogP contribution in [0.3, 0.4) is 0 Å². The lowest BCUT2D eigenvalue weighted by atomic mass is 10.9. The fourth-order valence-electron chi connectivity index (χ4n) is 0.225. The third kappa shape index (κ3) is 1.41. The fourth-order valence-corrected chi connectivity index (χ4v) is 0.904. The molecule has 0 amide bonds. The monoisotopic (exact) mass is 122 g/mol. The molecular weight excluding hydrogens is 116 g/mol. The zero-order chi connectivity index (χ0) is 4.41. The third-order valence-electron chi connectivity index (χ3n) is 0.703. The van der Waals surface area contributed by atoms with E-state index >= 15 is 0 Å². The number of thiol groups is 1. The maximum Gasteiger partial charge on any atom is 0.0734 e. The van der Waals surface area contributed by atoms with E-state index in [4.69, 9.17) is 4.18 Å². The molecule has 0 atom stereocenters. The Labute approximate surface area is 46.5 Å². The summed E-state index contributed by atoms with van der Waals surface area (Å²) in [6, 6.07) is 0. The molecule has 0 spiro atoms. The molecule has 1 fully saturated rings. The van der Waals surface area contributed by atoms with Crippen molar-refractivity contribution in [2.24, 2.45) is 0 Å². The molecule has 0 heterocycles. The average molecular weight is 122 g/mol. The summed E-state index contributed by atoms with van der Waals surface area (Å²) in [7, 11) is 0. The van der Waals surface area contributed by atoms with E-state index in [0.29, 0.717) is 6.10 Å². The van der Waals surface area contributed by atoms with Gasteiger partial charge in [0.15, 0.2) is 0 Å². The minimum Gasteiger partial charge on any atom is -0.302 e. The van der Waals surface area contributed by atoms with E-state index in [0.717, 1.165) is 0 Å². The number of hydrogen-bond donors (Lipinski definition) is 1. The van der Waals surface area contributed by atoms with Crippen LogP contribution in [0.15, 0.2) is 0 Å². The van der Waals surface area contributed by atoms with Crippen molar-refractivity contribution in [3.8, 4) is 0 Å². The van der Waals surface area contributed by atoms with Crippen LogP contribution in [0.4, 0.5) is 0 Å². The summed E-state index contributed by atoms with van der Waals surface area (Å²) in [5, 5.41) is 0. The van der Waals surface area contributed by atoms with Gasteiger partial charge in [0.1, 0.15) is 0 Å². The molecule has 0 radical (unpaired) electrons. The van der Waals surface area contributed by atoms with E-state index in [9.17, 15) is 0 Å². The first-order valence-corrected chi connectivity index (χ1v) is 3.70. The van der Waals surface area contributed by atoms with Crippen LogP contribution in [-0.2, 0) is 4.18 Å². The van der Waals surface area contributed by atoms with E-state index in [-0.39, 0.29) is 0 Å². The predicted molar refractivity (Wildman–Crippen MR) is 30.7 cm³/mol. The Hall–Kier alpha value is 0.660. The molecule has 0 aromatic heterocycles. The molecule has 6 heavy (non-hydrogen) atoms. The van der Waals surface area contributed by atoms with E-state index in [1.807, 2.05) is 0 Å². The zero-order valence-corrected chi connectivity index (χ0v) is 4.97. The molecule has 0 aromatic carbocycles. The van der Waals surface area contributed by atoms with Crippen LogP contribution in [0.1, 0.15) is 12.8 Å². The number of hydrogen-bond acceptors (Lipinski definition) is 3. The summed E-state index contributed by atoms with van der Waals surface area (Å²) in [6.45, 7) is 0. The molecule has 1 rings (SSSR count). The second-order valence-electron chi connectivity index (χ2n) is 1.37. The highest BCUT2D eigenvalue weighted by atomic mass is 33.1. The van der Waals surface area contributed by atoms with E-state index in [1.54, 1.807) is 0 Å². The first kappa shape index (κ1) is 4.81. The van der Waals surface area contributed by atoms with Gasteiger partial charge in [0.2, 0.25) is 0 Å². The van der Waals surface area contributed by atoms with Gasteiger partial charge in [-0.25, -0.2) is 0 Å². The van der Waals surface area contributed by atoms with E-state index in [2.05, 4.69) is 11.7 Å². The van der Waals surface area contributed by atoms with Crippen molar-refractivity contribution in [1.82, 2.24) is 0 Å². The van der Waals surface area contributed by atoms with Crippen molar-refractivity contribution in [3.05, 3.63) is 0 Å². The maximum absolute atomic E-state index is 4.93. The molecular formula is C3H6OS2. The molecule has 1 saturated carbocycles. The zero-order valence-electron chi connectivity index (χ0n) is 3.26. The van der Waals surface area contributed by atoms with Gasteiger partial charge in [0.05, 0.1) is 17.2 Å². The highest BCUT2D eigenvalue weighted by Gasteiger charge is 2.21. The first-order valence-electron chi connectivity index (χ1n) is 1.90. The van der Waals surface area contributed by atoms with Crippen molar-refractivity contribution in [1.29, 1.82) is 0 Å². The molecule has 0 aliphatic heterocycles. The normalized spacial score (nSPS) is 21.5. The Bertz CT molecular complexity index is 44.1.